The molecule has 0 N–H and O–H groups in total. The molecule has 0 spiro atoms. The van der Waals surface area contributed by atoms with Crippen molar-refractivity contribution < 1.29 is 23.2 Å². The van der Waals surface area contributed by atoms with E-state index in [0.29, 0.717) is 18.5 Å². The number of fused-ring (bicyclic) bond motifs is 1. The van der Waals surface area contributed by atoms with Crippen LogP contribution in [0.3, 0.4) is 0 Å². The molecule has 0 radical (unpaired) electrons. The summed E-state index contributed by atoms with van der Waals surface area (Å²) < 4.78 is 25.2. The van der Waals surface area contributed by atoms with Gasteiger partial charge in [-0.15, -0.1) is 0 Å². The molecule has 0 aromatic heterocycles. The zero-order valence-corrected chi connectivity index (χ0v) is 16.7. The molecule has 0 aliphatic carbocycles. The highest BCUT2D eigenvalue weighted by Gasteiger charge is 2.69. The minimum Gasteiger partial charge on any atom is -0.307 e. The topological polar surface area (TPSA) is 85.3 Å². The van der Waals surface area contributed by atoms with Crippen LogP contribution in [0.4, 0.5) is 0 Å². The molecule has 0 saturated carbocycles. The highest BCUT2D eigenvalue weighted by molar-refractivity contribution is 7.55. The first kappa shape index (κ1) is 19.9. The molecule has 27 heavy (non-hydrogen) atoms. The number of hydrogen-bond acceptors (Lipinski definition) is 6. The van der Waals surface area contributed by atoms with Gasteiger partial charge in [-0.2, -0.15) is 0 Å². The second-order valence-electron chi connectivity index (χ2n) is 6.53. The fourth-order valence-electron chi connectivity index (χ4n) is 3.95. The third-order valence-corrected chi connectivity index (χ3v) is 7.65. The molecule has 1 aromatic rings. The Morgan fingerprint density at radius 2 is 1.70 bits per heavy atom. The lowest BCUT2D eigenvalue weighted by Crippen LogP contribution is -2.40. The zero-order valence-electron chi connectivity index (χ0n) is 15.8. The summed E-state index contributed by atoms with van der Waals surface area (Å²) in [4.78, 5) is 31.8. The molecule has 8 heteroatoms. The Morgan fingerprint density at radius 1 is 1.07 bits per heavy atom. The van der Waals surface area contributed by atoms with Crippen molar-refractivity contribution in [3.05, 3.63) is 35.9 Å². The Hall–Kier alpha value is -1.82. The maximum Gasteiger partial charge on any atom is 0.363 e. The van der Waals surface area contributed by atoms with E-state index < -0.39 is 24.7 Å². The van der Waals surface area contributed by atoms with Crippen LogP contribution in [0.1, 0.15) is 32.8 Å². The lowest BCUT2D eigenvalue weighted by molar-refractivity contribution is -0.140. The van der Waals surface area contributed by atoms with Gasteiger partial charge in [0, 0.05) is 12.8 Å². The Bertz CT molecular complexity index is 787. The lowest BCUT2D eigenvalue weighted by Gasteiger charge is -2.37. The molecule has 1 saturated heterocycles. The summed E-state index contributed by atoms with van der Waals surface area (Å²) in [6.45, 7) is 5.94. The predicted octanol–water partition coefficient (Wildman–Crippen LogP) is 3.20. The van der Waals surface area contributed by atoms with Crippen molar-refractivity contribution in [2.45, 2.75) is 32.5 Å². The number of rotatable bonds is 8. The van der Waals surface area contributed by atoms with Crippen LogP contribution in [0, 0.1) is 11.8 Å². The van der Waals surface area contributed by atoms with Gasteiger partial charge < -0.3 is 9.05 Å². The van der Waals surface area contributed by atoms with Gasteiger partial charge in [0.15, 0.2) is 5.28 Å². The standard InChI is InChI=1S/C19H25N2O5P/c1-4-12-21-17(22)15-13-20-19(16(15)18(21)23,14-10-8-7-9-11-14)27(24,25-5-2)26-6-3/h7-11,13,15-16H,4-6,12H2,1-3H3. The van der Waals surface area contributed by atoms with Gasteiger partial charge in [-0.3, -0.25) is 24.0 Å². The Balaban J connectivity index is 2.21. The van der Waals surface area contributed by atoms with Crippen molar-refractivity contribution in [3.8, 4) is 0 Å². The molecule has 2 aliphatic heterocycles. The van der Waals surface area contributed by atoms with Crippen molar-refractivity contribution in [2.24, 2.45) is 16.8 Å². The highest BCUT2D eigenvalue weighted by Crippen LogP contribution is 2.72. The first-order chi connectivity index (χ1) is 13.0. The molecule has 146 valence electrons. The summed E-state index contributed by atoms with van der Waals surface area (Å²) in [5, 5.41) is -1.56. The maximum atomic E-state index is 14.0. The van der Waals surface area contributed by atoms with Gasteiger partial charge in [-0.25, -0.2) is 0 Å². The van der Waals surface area contributed by atoms with Crippen molar-refractivity contribution in [1.29, 1.82) is 0 Å². The smallest absolute Gasteiger partial charge is 0.307 e. The third kappa shape index (κ3) is 2.89. The molecule has 3 unspecified atom stereocenters. The number of nitrogens with zero attached hydrogens (tertiary/aromatic N) is 2. The molecular formula is C19H25N2O5P. The average molecular weight is 392 g/mol. The Labute approximate surface area is 159 Å². The van der Waals surface area contributed by atoms with Gasteiger partial charge >= 0.3 is 7.60 Å². The van der Waals surface area contributed by atoms with Crippen LogP contribution in [0.5, 0.6) is 0 Å². The summed E-state index contributed by atoms with van der Waals surface area (Å²) in [5.74, 6) is -2.35. The average Bonchev–Trinajstić information content (AvgIpc) is 3.17. The molecule has 0 bridgehead atoms. The fraction of sp³-hybridized carbons (Fsp3) is 0.526. The van der Waals surface area contributed by atoms with Gasteiger partial charge in [-0.1, -0.05) is 37.3 Å². The normalized spacial score (nSPS) is 27.4. The van der Waals surface area contributed by atoms with E-state index in [9.17, 15) is 14.2 Å². The van der Waals surface area contributed by atoms with Crippen LogP contribution in [0.15, 0.2) is 35.3 Å². The fourth-order valence-corrected chi connectivity index (χ4v) is 6.39. The number of imide groups is 1. The summed E-state index contributed by atoms with van der Waals surface area (Å²) in [5.41, 5.74) is 0.554. The second kappa shape index (κ2) is 7.66. The van der Waals surface area contributed by atoms with Gasteiger partial charge in [0.2, 0.25) is 11.8 Å². The van der Waals surface area contributed by atoms with E-state index in [4.69, 9.17) is 9.05 Å². The Morgan fingerprint density at radius 3 is 2.26 bits per heavy atom. The van der Waals surface area contributed by atoms with Gasteiger partial charge in [0.1, 0.15) is 0 Å². The number of benzene rings is 1. The molecule has 7 nitrogen and oxygen atoms in total. The first-order valence-electron chi connectivity index (χ1n) is 9.32. The third-order valence-electron chi connectivity index (χ3n) is 4.97. The minimum absolute atomic E-state index is 0.138. The van der Waals surface area contributed by atoms with E-state index in [1.165, 1.54) is 11.1 Å². The van der Waals surface area contributed by atoms with Crippen molar-refractivity contribution in [1.82, 2.24) is 4.90 Å². The van der Waals surface area contributed by atoms with Crippen LogP contribution >= 0.6 is 7.60 Å². The van der Waals surface area contributed by atoms with E-state index in [2.05, 4.69) is 4.99 Å². The number of hydrogen-bond donors (Lipinski definition) is 0. The number of carbonyl (C=O) groups excluding carboxylic acids is 2. The molecule has 3 atom stereocenters. The number of aliphatic imine (C=N–C) groups is 1. The minimum atomic E-state index is -3.90. The molecule has 2 amide bonds. The van der Waals surface area contributed by atoms with Crippen molar-refractivity contribution >= 4 is 25.6 Å². The van der Waals surface area contributed by atoms with Crippen LogP contribution in [-0.2, 0) is 28.5 Å². The van der Waals surface area contributed by atoms with Crippen LogP contribution < -0.4 is 0 Å². The molecule has 2 heterocycles. The monoisotopic (exact) mass is 392 g/mol. The predicted molar refractivity (Wildman–Crippen MR) is 101 cm³/mol. The molecule has 1 fully saturated rings. The van der Waals surface area contributed by atoms with Crippen LogP contribution in [0.2, 0.25) is 0 Å². The highest BCUT2D eigenvalue weighted by atomic mass is 31.2. The quantitative estimate of drug-likeness (QED) is 0.501. The SMILES string of the molecule is CCCN1C(=O)C2C=NC(c3ccccc3)(P(=O)(OCC)OCC)C2C1=O. The lowest BCUT2D eigenvalue weighted by atomic mass is 9.87. The van der Waals surface area contributed by atoms with Crippen molar-refractivity contribution in [2.75, 3.05) is 19.8 Å². The van der Waals surface area contributed by atoms with Gasteiger partial charge in [-0.05, 0) is 25.8 Å². The molecular weight excluding hydrogens is 367 g/mol. The van der Waals surface area contributed by atoms with Gasteiger partial charge in [0.05, 0.1) is 25.0 Å². The number of carbonyl (C=O) groups is 2. The summed E-state index contributed by atoms with van der Waals surface area (Å²) in [6.07, 6.45) is 2.11. The van der Waals surface area contributed by atoms with E-state index in [0.717, 1.165) is 0 Å². The zero-order chi connectivity index (χ0) is 19.7. The number of likely N-dealkylation sites (tertiary alicyclic amines) is 1. The van der Waals surface area contributed by atoms with E-state index in [1.807, 2.05) is 13.0 Å². The number of amides is 2. The first-order valence-corrected chi connectivity index (χ1v) is 10.9. The largest absolute Gasteiger partial charge is 0.363 e. The summed E-state index contributed by atoms with van der Waals surface area (Å²) in [7, 11) is -3.90. The van der Waals surface area contributed by atoms with Crippen molar-refractivity contribution in [3.63, 3.8) is 0 Å². The van der Waals surface area contributed by atoms with Crippen LogP contribution in [-0.4, -0.2) is 42.7 Å². The summed E-state index contributed by atoms with van der Waals surface area (Å²) in [6, 6.07) is 8.90. The molecule has 3 rings (SSSR count). The second-order valence-corrected chi connectivity index (χ2v) is 8.73. The van der Waals surface area contributed by atoms with Gasteiger partial charge in [0.25, 0.3) is 0 Å². The summed E-state index contributed by atoms with van der Waals surface area (Å²) >= 11 is 0. The Kier molecular flexibility index (Phi) is 5.65. The van der Waals surface area contributed by atoms with E-state index in [-0.39, 0.29) is 25.0 Å². The van der Waals surface area contributed by atoms with E-state index in [1.54, 1.807) is 38.1 Å². The maximum absolute atomic E-state index is 14.0. The van der Waals surface area contributed by atoms with E-state index >= 15 is 0 Å². The molecule has 2 aliphatic rings. The van der Waals surface area contributed by atoms with Crippen LogP contribution in [0.25, 0.3) is 0 Å². The molecule has 1 aromatic carbocycles.